The summed E-state index contributed by atoms with van der Waals surface area (Å²) in [4.78, 5) is 28.0. The topological polar surface area (TPSA) is 70.5 Å². The van der Waals surface area contributed by atoms with Gasteiger partial charge in [-0.2, -0.15) is 0 Å². The van der Waals surface area contributed by atoms with Gasteiger partial charge in [-0.1, -0.05) is 13.0 Å². The summed E-state index contributed by atoms with van der Waals surface area (Å²) in [6.45, 7) is 6.59. The molecule has 0 bridgehead atoms. The first kappa shape index (κ1) is 13.4. The minimum absolute atomic E-state index is 0.0663. The van der Waals surface area contributed by atoms with Gasteiger partial charge in [0.2, 0.25) is 5.01 Å². The number of hydrogen-bond acceptors (Lipinski definition) is 4. The Morgan fingerprint density at radius 1 is 1.65 bits per heavy atom. The number of amides is 1. The van der Waals surface area contributed by atoms with Gasteiger partial charge in [0.05, 0.1) is 0 Å². The molecule has 0 aromatic carbocycles. The molecule has 1 aromatic rings. The van der Waals surface area contributed by atoms with E-state index in [1.807, 2.05) is 6.92 Å². The summed E-state index contributed by atoms with van der Waals surface area (Å²) < 4.78 is 0. The second-order valence-electron chi connectivity index (χ2n) is 3.38. The summed E-state index contributed by atoms with van der Waals surface area (Å²) in [6.07, 6.45) is 2.47. The Morgan fingerprint density at radius 2 is 2.35 bits per heavy atom. The largest absolute Gasteiger partial charge is 0.476 e. The van der Waals surface area contributed by atoms with Crippen LogP contribution in [-0.4, -0.2) is 40.0 Å². The molecule has 17 heavy (non-hydrogen) atoms. The lowest BCUT2D eigenvalue weighted by Crippen LogP contribution is -2.32. The Balaban J connectivity index is 2.84. The fourth-order valence-electron chi connectivity index (χ4n) is 1.33. The number of carboxylic acids is 1. The normalized spacial score (nSPS) is 9.94. The van der Waals surface area contributed by atoms with E-state index in [9.17, 15) is 9.59 Å². The summed E-state index contributed by atoms with van der Waals surface area (Å²) in [6, 6.07) is 0. The molecule has 1 rings (SSSR count). The van der Waals surface area contributed by atoms with Gasteiger partial charge in [0, 0.05) is 18.5 Å². The van der Waals surface area contributed by atoms with E-state index in [1.165, 1.54) is 5.38 Å². The highest BCUT2D eigenvalue weighted by Crippen LogP contribution is 2.12. The maximum atomic E-state index is 12.0. The van der Waals surface area contributed by atoms with Gasteiger partial charge in [0.1, 0.15) is 5.69 Å². The SMILES string of the molecule is C=CCN(CCC)C(=O)c1csc(C(=O)O)n1. The minimum atomic E-state index is -1.11. The third-order valence-electron chi connectivity index (χ3n) is 2.04. The molecule has 0 aliphatic rings. The Labute approximate surface area is 103 Å². The third-order valence-corrected chi connectivity index (χ3v) is 2.87. The van der Waals surface area contributed by atoms with Gasteiger partial charge in [-0.25, -0.2) is 9.78 Å². The first-order chi connectivity index (χ1) is 8.10. The first-order valence-corrected chi connectivity index (χ1v) is 6.07. The molecule has 0 saturated heterocycles. The molecule has 1 N–H and O–H groups in total. The molecule has 6 heteroatoms. The Morgan fingerprint density at radius 3 is 2.82 bits per heavy atom. The van der Waals surface area contributed by atoms with Crippen LogP contribution in [-0.2, 0) is 0 Å². The van der Waals surface area contributed by atoms with Gasteiger partial charge in [-0.15, -0.1) is 17.9 Å². The van der Waals surface area contributed by atoms with E-state index in [1.54, 1.807) is 11.0 Å². The van der Waals surface area contributed by atoms with Crippen molar-refractivity contribution in [3.8, 4) is 0 Å². The van der Waals surface area contributed by atoms with Crippen molar-refractivity contribution < 1.29 is 14.7 Å². The highest BCUT2D eigenvalue weighted by molar-refractivity contribution is 7.11. The van der Waals surface area contributed by atoms with Crippen LogP contribution in [0, 0.1) is 0 Å². The summed E-state index contributed by atoms with van der Waals surface area (Å²) in [5.74, 6) is -1.37. The van der Waals surface area contributed by atoms with E-state index >= 15 is 0 Å². The van der Waals surface area contributed by atoms with Crippen molar-refractivity contribution in [2.45, 2.75) is 13.3 Å². The summed E-state index contributed by atoms with van der Waals surface area (Å²) in [5, 5.41) is 10.1. The molecule has 0 unspecified atom stereocenters. The number of nitrogens with zero attached hydrogens (tertiary/aromatic N) is 2. The van der Waals surface area contributed by atoms with E-state index in [0.29, 0.717) is 13.1 Å². The minimum Gasteiger partial charge on any atom is -0.476 e. The molecule has 0 fully saturated rings. The van der Waals surface area contributed by atoms with Crippen molar-refractivity contribution in [3.05, 3.63) is 28.7 Å². The Bertz CT molecular complexity index is 428. The monoisotopic (exact) mass is 254 g/mol. The van der Waals surface area contributed by atoms with Crippen LogP contribution in [0.4, 0.5) is 0 Å². The maximum absolute atomic E-state index is 12.0. The molecular weight excluding hydrogens is 240 g/mol. The van der Waals surface area contributed by atoms with Gasteiger partial charge >= 0.3 is 5.97 Å². The fraction of sp³-hybridized carbons (Fsp3) is 0.364. The summed E-state index contributed by atoms with van der Waals surface area (Å²) in [7, 11) is 0. The van der Waals surface area contributed by atoms with E-state index in [0.717, 1.165) is 17.8 Å². The van der Waals surface area contributed by atoms with Crippen LogP contribution < -0.4 is 0 Å². The van der Waals surface area contributed by atoms with Crippen LogP contribution >= 0.6 is 11.3 Å². The van der Waals surface area contributed by atoms with Crippen molar-refractivity contribution in [2.24, 2.45) is 0 Å². The number of rotatable bonds is 6. The molecule has 0 radical (unpaired) electrons. The van der Waals surface area contributed by atoms with Gasteiger partial charge in [-0.05, 0) is 6.42 Å². The predicted molar refractivity (Wildman–Crippen MR) is 65.5 cm³/mol. The smallest absolute Gasteiger partial charge is 0.365 e. The summed E-state index contributed by atoms with van der Waals surface area (Å²) in [5.41, 5.74) is 0.183. The number of aromatic carboxylic acids is 1. The van der Waals surface area contributed by atoms with Gasteiger partial charge < -0.3 is 10.0 Å². The fourth-order valence-corrected chi connectivity index (χ4v) is 1.96. The third kappa shape index (κ3) is 3.39. The van der Waals surface area contributed by atoms with Crippen LogP contribution in [0.15, 0.2) is 18.0 Å². The molecule has 0 spiro atoms. The molecule has 0 saturated carbocycles. The van der Waals surface area contributed by atoms with Gasteiger partial charge in [0.15, 0.2) is 0 Å². The average molecular weight is 254 g/mol. The van der Waals surface area contributed by atoms with Crippen molar-refractivity contribution in [3.63, 3.8) is 0 Å². The number of carboxylic acid groups (broad SMARTS) is 1. The predicted octanol–water partition coefficient (Wildman–Crippen LogP) is 1.88. The molecule has 1 amide bonds. The van der Waals surface area contributed by atoms with Crippen LogP contribution in [0.5, 0.6) is 0 Å². The standard InChI is InChI=1S/C11H14N2O3S/c1-3-5-13(6-4-2)10(14)8-7-17-9(12-8)11(15)16/h3,7H,1,4-6H2,2H3,(H,15,16). The number of carbonyl (C=O) groups excluding carboxylic acids is 1. The number of hydrogen-bond donors (Lipinski definition) is 1. The van der Waals surface area contributed by atoms with Crippen molar-refractivity contribution in [1.82, 2.24) is 9.88 Å². The number of thiazole rings is 1. The van der Waals surface area contributed by atoms with E-state index in [4.69, 9.17) is 5.11 Å². The zero-order valence-corrected chi connectivity index (χ0v) is 10.4. The van der Waals surface area contributed by atoms with E-state index < -0.39 is 5.97 Å². The molecule has 92 valence electrons. The highest BCUT2D eigenvalue weighted by atomic mass is 32.1. The lowest BCUT2D eigenvalue weighted by molar-refractivity contribution is 0.0696. The lowest BCUT2D eigenvalue weighted by Gasteiger charge is -2.18. The molecular formula is C11H14N2O3S. The number of carbonyl (C=O) groups is 2. The van der Waals surface area contributed by atoms with Crippen molar-refractivity contribution in [2.75, 3.05) is 13.1 Å². The van der Waals surface area contributed by atoms with E-state index in [-0.39, 0.29) is 16.6 Å². The van der Waals surface area contributed by atoms with Crippen molar-refractivity contribution in [1.29, 1.82) is 0 Å². The molecule has 5 nitrogen and oxygen atoms in total. The second kappa shape index (κ2) is 6.15. The molecule has 0 aliphatic heterocycles. The Kier molecular flexibility index (Phi) is 4.84. The average Bonchev–Trinajstić information content (AvgIpc) is 2.77. The molecule has 1 aromatic heterocycles. The maximum Gasteiger partial charge on any atom is 0.365 e. The Hall–Kier alpha value is -1.69. The zero-order chi connectivity index (χ0) is 12.8. The molecule has 0 aliphatic carbocycles. The van der Waals surface area contributed by atoms with Crippen LogP contribution in [0.3, 0.4) is 0 Å². The zero-order valence-electron chi connectivity index (χ0n) is 9.55. The van der Waals surface area contributed by atoms with Crippen molar-refractivity contribution >= 4 is 23.2 Å². The van der Waals surface area contributed by atoms with Crippen LogP contribution in [0.25, 0.3) is 0 Å². The van der Waals surface area contributed by atoms with Crippen LogP contribution in [0.2, 0.25) is 0 Å². The summed E-state index contributed by atoms with van der Waals surface area (Å²) >= 11 is 0.956. The second-order valence-corrected chi connectivity index (χ2v) is 4.24. The molecule has 1 heterocycles. The lowest BCUT2D eigenvalue weighted by atomic mass is 10.3. The quantitative estimate of drug-likeness (QED) is 0.787. The van der Waals surface area contributed by atoms with Crippen LogP contribution in [0.1, 0.15) is 33.6 Å². The highest BCUT2D eigenvalue weighted by Gasteiger charge is 2.19. The first-order valence-electron chi connectivity index (χ1n) is 5.19. The van der Waals surface area contributed by atoms with Gasteiger partial charge in [0.25, 0.3) is 5.91 Å². The number of aromatic nitrogens is 1. The van der Waals surface area contributed by atoms with E-state index in [2.05, 4.69) is 11.6 Å². The van der Waals surface area contributed by atoms with Gasteiger partial charge in [-0.3, -0.25) is 4.79 Å². The molecule has 0 atom stereocenters.